The number of rotatable bonds is 6. The molecule has 0 atom stereocenters. The minimum Gasteiger partial charge on any atom is -0.354 e. The summed E-state index contributed by atoms with van der Waals surface area (Å²) in [6, 6.07) is 2.09. The maximum Gasteiger partial charge on any atom is 0.229 e. The molecular formula is C12H16ClN5S. The molecule has 0 amide bonds. The summed E-state index contributed by atoms with van der Waals surface area (Å²) in [5.74, 6) is 0.999. The molecule has 19 heavy (non-hydrogen) atoms. The molecule has 7 heteroatoms. The van der Waals surface area contributed by atoms with Gasteiger partial charge in [0.15, 0.2) is 0 Å². The first-order valence-electron chi connectivity index (χ1n) is 6.11. The highest BCUT2D eigenvalue weighted by Crippen LogP contribution is 2.17. The zero-order chi connectivity index (χ0) is 13.7. The third kappa shape index (κ3) is 4.04. The Bertz CT molecular complexity index is 543. The molecule has 0 bridgehead atoms. The van der Waals surface area contributed by atoms with Crippen LogP contribution in [0.5, 0.6) is 0 Å². The first-order chi connectivity index (χ1) is 9.19. The van der Waals surface area contributed by atoms with Gasteiger partial charge in [-0.05, 0) is 42.0 Å². The van der Waals surface area contributed by atoms with E-state index in [1.807, 2.05) is 0 Å². The predicted octanol–water partition coefficient (Wildman–Crippen LogP) is 3.33. The van der Waals surface area contributed by atoms with E-state index >= 15 is 0 Å². The molecule has 102 valence electrons. The number of thiophene rings is 1. The molecule has 0 aliphatic carbocycles. The fourth-order valence-electron chi connectivity index (χ4n) is 1.49. The third-order valence-electron chi connectivity index (χ3n) is 2.52. The van der Waals surface area contributed by atoms with Crippen molar-refractivity contribution in [3.63, 3.8) is 0 Å². The number of aryl methyl sites for hydroxylation is 1. The number of nitrogens with one attached hydrogen (secondary N) is 2. The number of nitrogens with zero attached hydrogens (tertiary/aromatic N) is 3. The summed E-state index contributed by atoms with van der Waals surface area (Å²) in [6.07, 6.45) is 1.00. The summed E-state index contributed by atoms with van der Waals surface area (Å²) in [6.45, 7) is 5.66. The first-order valence-corrected chi connectivity index (χ1v) is 7.37. The van der Waals surface area contributed by atoms with Crippen LogP contribution in [0.15, 0.2) is 11.4 Å². The molecule has 0 radical (unpaired) electrons. The van der Waals surface area contributed by atoms with Gasteiger partial charge >= 0.3 is 0 Å². The molecule has 0 fully saturated rings. The molecule has 0 aromatic carbocycles. The van der Waals surface area contributed by atoms with E-state index in [1.165, 1.54) is 10.4 Å². The standard InChI is InChI=1S/C12H16ClN5S/c1-3-5-14-11-16-10(13)17-12(18-11)15-7-9-8(2)4-6-19-9/h4,6H,3,5,7H2,1-2H3,(H2,14,15,16,17,18). The topological polar surface area (TPSA) is 62.7 Å². The highest BCUT2D eigenvalue weighted by Gasteiger charge is 2.05. The average molecular weight is 298 g/mol. The van der Waals surface area contributed by atoms with Crippen LogP contribution >= 0.6 is 22.9 Å². The van der Waals surface area contributed by atoms with Crippen molar-refractivity contribution in [1.82, 2.24) is 15.0 Å². The van der Waals surface area contributed by atoms with Gasteiger partial charge in [-0.1, -0.05) is 6.92 Å². The van der Waals surface area contributed by atoms with Gasteiger partial charge in [-0.2, -0.15) is 15.0 Å². The summed E-state index contributed by atoms with van der Waals surface area (Å²) in [7, 11) is 0. The van der Waals surface area contributed by atoms with E-state index in [9.17, 15) is 0 Å². The summed E-state index contributed by atoms with van der Waals surface area (Å²) >= 11 is 7.59. The van der Waals surface area contributed by atoms with Crippen molar-refractivity contribution in [3.8, 4) is 0 Å². The lowest BCUT2D eigenvalue weighted by atomic mass is 10.3. The molecule has 2 N–H and O–H groups in total. The van der Waals surface area contributed by atoms with E-state index in [-0.39, 0.29) is 5.28 Å². The SMILES string of the molecule is CCCNc1nc(Cl)nc(NCc2sccc2C)n1. The van der Waals surface area contributed by atoms with E-state index in [1.54, 1.807) is 11.3 Å². The predicted molar refractivity (Wildman–Crippen MR) is 80.0 cm³/mol. The molecule has 0 saturated heterocycles. The van der Waals surface area contributed by atoms with E-state index in [4.69, 9.17) is 11.6 Å². The monoisotopic (exact) mass is 297 g/mol. The van der Waals surface area contributed by atoms with E-state index in [0.29, 0.717) is 18.4 Å². The molecule has 2 aromatic rings. The van der Waals surface area contributed by atoms with Crippen LogP contribution in [0.1, 0.15) is 23.8 Å². The van der Waals surface area contributed by atoms with Crippen LogP contribution in [-0.4, -0.2) is 21.5 Å². The minimum absolute atomic E-state index is 0.194. The maximum atomic E-state index is 5.88. The molecule has 0 saturated carbocycles. The van der Waals surface area contributed by atoms with Gasteiger partial charge in [0.2, 0.25) is 17.2 Å². The van der Waals surface area contributed by atoms with Crippen molar-refractivity contribution in [3.05, 3.63) is 27.2 Å². The van der Waals surface area contributed by atoms with Crippen molar-refractivity contribution < 1.29 is 0 Å². The van der Waals surface area contributed by atoms with Gasteiger partial charge in [-0.15, -0.1) is 11.3 Å². The smallest absolute Gasteiger partial charge is 0.229 e. The average Bonchev–Trinajstić information content (AvgIpc) is 2.79. The second kappa shape index (κ2) is 6.68. The number of halogens is 1. The second-order valence-electron chi connectivity index (χ2n) is 4.06. The molecule has 0 aliphatic rings. The summed E-state index contributed by atoms with van der Waals surface area (Å²) in [5, 5.41) is 8.53. The van der Waals surface area contributed by atoms with Gasteiger partial charge in [-0.25, -0.2) is 0 Å². The van der Waals surface area contributed by atoms with Crippen LogP contribution < -0.4 is 10.6 Å². The molecule has 2 aromatic heterocycles. The Hall–Kier alpha value is -1.40. The van der Waals surface area contributed by atoms with E-state index in [2.05, 4.69) is 50.9 Å². The highest BCUT2D eigenvalue weighted by atomic mass is 35.5. The maximum absolute atomic E-state index is 5.88. The molecule has 0 unspecified atom stereocenters. The lowest BCUT2D eigenvalue weighted by Gasteiger charge is -2.07. The second-order valence-corrected chi connectivity index (χ2v) is 5.40. The lowest BCUT2D eigenvalue weighted by molar-refractivity contribution is 0.933. The molecule has 2 heterocycles. The number of anilines is 2. The normalized spacial score (nSPS) is 10.5. The Balaban J connectivity index is 2.03. The Morgan fingerprint density at radius 2 is 1.95 bits per heavy atom. The van der Waals surface area contributed by atoms with Crippen LogP contribution in [0.25, 0.3) is 0 Å². The van der Waals surface area contributed by atoms with Crippen LogP contribution in [0, 0.1) is 6.92 Å². The van der Waals surface area contributed by atoms with E-state index < -0.39 is 0 Å². The van der Waals surface area contributed by atoms with Crippen molar-refractivity contribution in [2.24, 2.45) is 0 Å². The molecular weight excluding hydrogens is 282 g/mol. The largest absolute Gasteiger partial charge is 0.354 e. The van der Waals surface area contributed by atoms with Crippen molar-refractivity contribution >= 4 is 34.8 Å². The minimum atomic E-state index is 0.194. The zero-order valence-corrected chi connectivity index (χ0v) is 12.5. The van der Waals surface area contributed by atoms with Crippen LogP contribution in [-0.2, 0) is 6.54 Å². The zero-order valence-electron chi connectivity index (χ0n) is 10.9. The lowest BCUT2D eigenvalue weighted by Crippen LogP contribution is -2.09. The number of aromatic nitrogens is 3. The molecule has 0 spiro atoms. The summed E-state index contributed by atoms with van der Waals surface area (Å²) in [4.78, 5) is 13.6. The fraction of sp³-hybridized carbons (Fsp3) is 0.417. The highest BCUT2D eigenvalue weighted by molar-refractivity contribution is 7.10. The third-order valence-corrected chi connectivity index (χ3v) is 3.71. The summed E-state index contributed by atoms with van der Waals surface area (Å²) < 4.78 is 0. The van der Waals surface area contributed by atoms with Crippen molar-refractivity contribution in [1.29, 1.82) is 0 Å². The Kier molecular flexibility index (Phi) is 4.93. The first kappa shape index (κ1) is 14.0. The summed E-state index contributed by atoms with van der Waals surface area (Å²) in [5.41, 5.74) is 1.27. The number of hydrogen-bond donors (Lipinski definition) is 2. The fourth-order valence-corrected chi connectivity index (χ4v) is 2.50. The number of hydrogen-bond acceptors (Lipinski definition) is 6. The molecule has 0 aliphatic heterocycles. The van der Waals surface area contributed by atoms with Gasteiger partial charge in [-0.3, -0.25) is 0 Å². The van der Waals surface area contributed by atoms with Crippen LogP contribution in [0.2, 0.25) is 5.28 Å². The van der Waals surface area contributed by atoms with Crippen molar-refractivity contribution in [2.45, 2.75) is 26.8 Å². The van der Waals surface area contributed by atoms with Crippen molar-refractivity contribution in [2.75, 3.05) is 17.2 Å². The Morgan fingerprint density at radius 1 is 1.21 bits per heavy atom. The molecule has 2 rings (SSSR count). The van der Waals surface area contributed by atoms with Crippen LogP contribution in [0.3, 0.4) is 0 Å². The van der Waals surface area contributed by atoms with Gasteiger partial charge in [0, 0.05) is 11.4 Å². The van der Waals surface area contributed by atoms with Gasteiger partial charge in [0.05, 0.1) is 6.54 Å². The van der Waals surface area contributed by atoms with Gasteiger partial charge in [0.25, 0.3) is 0 Å². The van der Waals surface area contributed by atoms with Gasteiger partial charge in [0.1, 0.15) is 0 Å². The Labute approximate surface area is 121 Å². The van der Waals surface area contributed by atoms with Crippen LogP contribution in [0.4, 0.5) is 11.9 Å². The van der Waals surface area contributed by atoms with E-state index in [0.717, 1.165) is 13.0 Å². The van der Waals surface area contributed by atoms with Gasteiger partial charge < -0.3 is 10.6 Å². The quantitative estimate of drug-likeness (QED) is 0.856. The molecule has 5 nitrogen and oxygen atoms in total. The Morgan fingerprint density at radius 3 is 2.58 bits per heavy atom.